The SMILES string of the molecule is CN(C)c1ccc(-c2nnnn2[C@@H]2CO[C@@H]3[C@@H]2OC[C@@H]3NC(=O)Nc2cccc(C#N)c2)cc1. The Morgan fingerprint density at radius 2 is 1.94 bits per heavy atom. The van der Waals surface area contributed by atoms with Gasteiger partial charge in [-0.1, -0.05) is 6.07 Å². The van der Waals surface area contributed by atoms with Gasteiger partial charge in [0, 0.05) is 31.0 Å². The number of aromatic nitrogens is 4. The molecular formula is C23H24N8O3. The molecule has 2 fully saturated rings. The van der Waals surface area contributed by atoms with E-state index >= 15 is 0 Å². The quantitative estimate of drug-likeness (QED) is 0.590. The van der Waals surface area contributed by atoms with Crippen molar-refractivity contribution < 1.29 is 14.3 Å². The molecule has 34 heavy (non-hydrogen) atoms. The Labute approximate surface area is 196 Å². The van der Waals surface area contributed by atoms with Crippen molar-refractivity contribution in [2.45, 2.75) is 24.3 Å². The topological polar surface area (TPSA) is 130 Å². The van der Waals surface area contributed by atoms with Gasteiger partial charge in [0.05, 0.1) is 30.9 Å². The third kappa shape index (κ3) is 4.16. The van der Waals surface area contributed by atoms with Crippen LogP contribution in [0.1, 0.15) is 11.6 Å². The van der Waals surface area contributed by atoms with Crippen LogP contribution >= 0.6 is 0 Å². The van der Waals surface area contributed by atoms with E-state index < -0.39 is 0 Å². The van der Waals surface area contributed by atoms with Crippen molar-refractivity contribution in [3.05, 3.63) is 54.1 Å². The van der Waals surface area contributed by atoms with Gasteiger partial charge in [-0.25, -0.2) is 9.48 Å². The molecular weight excluding hydrogens is 436 g/mol. The molecule has 1 aromatic heterocycles. The van der Waals surface area contributed by atoms with Gasteiger partial charge >= 0.3 is 6.03 Å². The van der Waals surface area contributed by atoms with Crippen molar-refractivity contribution in [1.29, 1.82) is 5.26 Å². The fraction of sp³-hybridized carbons (Fsp3) is 0.348. The molecule has 2 amide bonds. The first-order chi connectivity index (χ1) is 16.5. The van der Waals surface area contributed by atoms with Crippen LogP contribution in [0.25, 0.3) is 11.4 Å². The van der Waals surface area contributed by atoms with E-state index in [9.17, 15) is 4.79 Å². The van der Waals surface area contributed by atoms with Gasteiger partial charge < -0.3 is 25.0 Å². The second-order valence-electron chi connectivity index (χ2n) is 8.45. The van der Waals surface area contributed by atoms with Crippen molar-refractivity contribution in [2.24, 2.45) is 0 Å². The summed E-state index contributed by atoms with van der Waals surface area (Å²) in [5.74, 6) is 0.634. The van der Waals surface area contributed by atoms with Gasteiger partial charge in [0.15, 0.2) is 5.82 Å². The van der Waals surface area contributed by atoms with Crippen molar-refractivity contribution >= 4 is 17.4 Å². The van der Waals surface area contributed by atoms with E-state index in [-0.39, 0.29) is 30.3 Å². The molecule has 5 rings (SSSR count). The Balaban J connectivity index is 1.26. The van der Waals surface area contributed by atoms with Crippen LogP contribution in [0.2, 0.25) is 0 Å². The van der Waals surface area contributed by atoms with Gasteiger partial charge in [0.1, 0.15) is 18.2 Å². The van der Waals surface area contributed by atoms with Crippen LogP contribution < -0.4 is 15.5 Å². The highest BCUT2D eigenvalue weighted by molar-refractivity contribution is 5.89. The molecule has 2 aliphatic heterocycles. The van der Waals surface area contributed by atoms with Crippen LogP contribution in [0.3, 0.4) is 0 Å². The minimum Gasteiger partial charge on any atom is -0.378 e. The molecule has 11 heteroatoms. The molecule has 2 aliphatic rings. The molecule has 0 unspecified atom stereocenters. The normalized spacial score (nSPS) is 23.2. The van der Waals surface area contributed by atoms with Crippen LogP contribution in [0.15, 0.2) is 48.5 Å². The summed E-state index contributed by atoms with van der Waals surface area (Å²) in [6, 6.07) is 15.8. The Morgan fingerprint density at radius 1 is 1.15 bits per heavy atom. The van der Waals surface area contributed by atoms with E-state index in [1.165, 1.54) is 0 Å². The summed E-state index contributed by atoms with van der Waals surface area (Å²) in [6.45, 7) is 0.680. The largest absolute Gasteiger partial charge is 0.378 e. The highest BCUT2D eigenvalue weighted by Crippen LogP contribution is 2.36. The molecule has 0 aliphatic carbocycles. The summed E-state index contributed by atoms with van der Waals surface area (Å²) in [5.41, 5.74) is 2.98. The van der Waals surface area contributed by atoms with Gasteiger partial charge in [-0.2, -0.15) is 5.26 Å². The summed E-state index contributed by atoms with van der Waals surface area (Å²) in [4.78, 5) is 14.5. The number of rotatable bonds is 5. The molecule has 2 aromatic carbocycles. The second-order valence-corrected chi connectivity index (χ2v) is 8.45. The van der Waals surface area contributed by atoms with E-state index in [4.69, 9.17) is 14.7 Å². The molecule has 3 aromatic rings. The Hall–Kier alpha value is -4.01. The third-order valence-corrected chi connectivity index (χ3v) is 6.04. The van der Waals surface area contributed by atoms with Gasteiger partial charge in [0.25, 0.3) is 0 Å². The van der Waals surface area contributed by atoms with Crippen LogP contribution in [0.4, 0.5) is 16.2 Å². The van der Waals surface area contributed by atoms with Crippen LogP contribution in [-0.4, -0.2) is 71.8 Å². The molecule has 2 N–H and O–H groups in total. The van der Waals surface area contributed by atoms with Crippen molar-refractivity contribution in [3.8, 4) is 17.5 Å². The van der Waals surface area contributed by atoms with Crippen LogP contribution in [0, 0.1) is 11.3 Å². The first-order valence-electron chi connectivity index (χ1n) is 10.9. The molecule has 174 valence electrons. The minimum atomic E-state index is -0.388. The van der Waals surface area contributed by atoms with Crippen LogP contribution in [0.5, 0.6) is 0 Å². The van der Waals surface area contributed by atoms with E-state index in [1.807, 2.05) is 43.3 Å². The Kier molecular flexibility index (Phi) is 5.83. The van der Waals surface area contributed by atoms with E-state index in [0.29, 0.717) is 30.3 Å². The lowest BCUT2D eigenvalue weighted by Gasteiger charge is -2.18. The van der Waals surface area contributed by atoms with E-state index in [2.05, 4.69) is 32.2 Å². The third-order valence-electron chi connectivity index (χ3n) is 6.04. The number of amides is 2. The van der Waals surface area contributed by atoms with Crippen molar-refractivity contribution in [2.75, 3.05) is 37.5 Å². The minimum absolute atomic E-state index is 0.217. The lowest BCUT2D eigenvalue weighted by Crippen LogP contribution is -2.45. The van der Waals surface area contributed by atoms with Gasteiger partial charge in [-0.3, -0.25) is 0 Å². The van der Waals surface area contributed by atoms with Gasteiger partial charge in [0.2, 0.25) is 0 Å². The first kappa shape index (κ1) is 21.8. The number of benzene rings is 2. The number of tetrazole rings is 1. The Bertz CT molecular complexity index is 1220. The number of carbonyl (C=O) groups is 1. The number of hydrogen-bond donors (Lipinski definition) is 2. The smallest absolute Gasteiger partial charge is 0.319 e. The number of nitrogens with zero attached hydrogens (tertiary/aromatic N) is 6. The molecule has 0 radical (unpaired) electrons. The lowest BCUT2D eigenvalue weighted by molar-refractivity contribution is 0.0624. The fourth-order valence-corrected chi connectivity index (χ4v) is 4.33. The molecule has 0 saturated carbocycles. The number of nitrogens with one attached hydrogen (secondary N) is 2. The second kappa shape index (κ2) is 9.09. The van der Waals surface area contributed by atoms with Crippen molar-refractivity contribution in [1.82, 2.24) is 25.5 Å². The van der Waals surface area contributed by atoms with E-state index in [1.54, 1.807) is 28.9 Å². The molecule has 2 saturated heterocycles. The lowest BCUT2D eigenvalue weighted by atomic mass is 10.1. The summed E-state index contributed by atoms with van der Waals surface area (Å²) in [7, 11) is 3.97. The number of nitriles is 1. The average molecular weight is 460 g/mol. The van der Waals surface area contributed by atoms with Crippen LogP contribution in [-0.2, 0) is 9.47 Å². The summed E-state index contributed by atoms with van der Waals surface area (Å²) in [6.07, 6.45) is -0.620. The summed E-state index contributed by atoms with van der Waals surface area (Å²) in [5, 5.41) is 27.0. The zero-order valence-corrected chi connectivity index (χ0v) is 18.8. The molecule has 3 heterocycles. The standard InChI is InChI=1S/C23H24N8O3/c1-30(2)17-8-6-15(7-9-17)22-27-28-29-31(22)19-13-34-20-18(12-33-21(19)20)26-23(32)25-16-5-3-4-14(10-16)11-24/h3-10,18-21H,12-13H2,1-2H3,(H2,25,26,32)/t18-,19+,20-,21+/m0/s1. The molecule has 0 bridgehead atoms. The van der Waals surface area contributed by atoms with E-state index in [0.717, 1.165) is 11.3 Å². The maximum Gasteiger partial charge on any atom is 0.319 e. The highest BCUT2D eigenvalue weighted by atomic mass is 16.6. The van der Waals surface area contributed by atoms with Crippen molar-refractivity contribution in [3.63, 3.8) is 0 Å². The number of anilines is 2. The zero-order valence-electron chi connectivity index (χ0n) is 18.8. The zero-order chi connectivity index (χ0) is 23.7. The highest BCUT2D eigenvalue weighted by Gasteiger charge is 2.50. The summed E-state index contributed by atoms with van der Waals surface area (Å²) >= 11 is 0. The maximum atomic E-state index is 12.5. The van der Waals surface area contributed by atoms with Gasteiger partial charge in [-0.15, -0.1) is 5.10 Å². The maximum absolute atomic E-state index is 12.5. The number of fused-ring (bicyclic) bond motifs is 1. The Morgan fingerprint density at radius 3 is 2.71 bits per heavy atom. The molecule has 11 nitrogen and oxygen atoms in total. The number of carbonyl (C=O) groups excluding carboxylic acids is 1. The number of hydrogen-bond acceptors (Lipinski definition) is 8. The first-order valence-corrected chi connectivity index (χ1v) is 10.9. The summed E-state index contributed by atoms with van der Waals surface area (Å²) < 4.78 is 13.8. The number of urea groups is 1. The average Bonchev–Trinajstić information content (AvgIpc) is 3.57. The predicted octanol–water partition coefficient (Wildman–Crippen LogP) is 1.81. The number of ether oxygens (including phenoxy) is 2. The monoisotopic (exact) mass is 460 g/mol. The molecule has 0 spiro atoms. The van der Waals surface area contributed by atoms with Gasteiger partial charge in [-0.05, 0) is 52.9 Å². The fourth-order valence-electron chi connectivity index (χ4n) is 4.33. The predicted molar refractivity (Wildman–Crippen MR) is 123 cm³/mol. The molecule has 4 atom stereocenters.